The summed E-state index contributed by atoms with van der Waals surface area (Å²) in [5, 5.41) is 8.30. The van der Waals surface area contributed by atoms with Gasteiger partial charge in [-0.2, -0.15) is 5.10 Å². The quantitative estimate of drug-likeness (QED) is 0.721. The summed E-state index contributed by atoms with van der Waals surface area (Å²) >= 11 is 0. The van der Waals surface area contributed by atoms with Crippen LogP contribution in [0.2, 0.25) is 0 Å². The fourth-order valence-corrected chi connectivity index (χ4v) is 3.07. The van der Waals surface area contributed by atoms with Crippen molar-refractivity contribution >= 4 is 5.91 Å². The predicted octanol–water partition coefficient (Wildman–Crippen LogP) is 3.34. The summed E-state index contributed by atoms with van der Waals surface area (Å²) in [4.78, 5) is 14.4. The molecule has 1 aliphatic rings. The highest BCUT2D eigenvalue weighted by molar-refractivity contribution is 5.92. The minimum Gasteiger partial charge on any atom is -0.360 e. The van der Waals surface area contributed by atoms with Gasteiger partial charge < -0.3 is 9.42 Å². The molecule has 0 aliphatic carbocycles. The molecule has 6 nitrogen and oxygen atoms in total. The molecule has 3 aromatic rings. The second kappa shape index (κ2) is 6.40. The van der Waals surface area contributed by atoms with E-state index in [4.69, 9.17) is 4.52 Å². The zero-order chi connectivity index (χ0) is 18.3. The summed E-state index contributed by atoms with van der Waals surface area (Å²) in [6.07, 6.45) is 1.79. The summed E-state index contributed by atoms with van der Waals surface area (Å²) in [5.41, 5.74) is 3.31. The Labute approximate surface area is 150 Å². The maximum Gasteiger partial charge on any atom is 0.276 e. The number of benzene rings is 1. The Kier molecular flexibility index (Phi) is 4.06. The van der Waals surface area contributed by atoms with E-state index in [2.05, 4.69) is 10.3 Å². The van der Waals surface area contributed by atoms with Crippen molar-refractivity contribution in [3.05, 3.63) is 70.6 Å². The van der Waals surface area contributed by atoms with E-state index in [0.29, 0.717) is 31.1 Å². The number of carbonyl (C=O) groups excluding carboxylic acids is 1. The predicted molar refractivity (Wildman–Crippen MR) is 91.9 cm³/mol. The molecule has 4 rings (SSSR count). The van der Waals surface area contributed by atoms with Gasteiger partial charge in [0.05, 0.1) is 25.0 Å². The van der Waals surface area contributed by atoms with E-state index in [1.807, 2.05) is 18.5 Å². The van der Waals surface area contributed by atoms with Gasteiger partial charge in [-0.05, 0) is 17.7 Å². The van der Waals surface area contributed by atoms with E-state index in [1.165, 1.54) is 12.1 Å². The largest absolute Gasteiger partial charge is 0.360 e. The van der Waals surface area contributed by atoms with Crippen LogP contribution in [0.25, 0.3) is 0 Å². The van der Waals surface area contributed by atoms with E-state index >= 15 is 0 Å². The van der Waals surface area contributed by atoms with Gasteiger partial charge in [-0.1, -0.05) is 31.1 Å². The third-order valence-corrected chi connectivity index (χ3v) is 4.59. The molecule has 1 aliphatic heterocycles. The van der Waals surface area contributed by atoms with Gasteiger partial charge in [0.2, 0.25) is 0 Å². The number of fused-ring (bicyclic) bond motifs is 1. The number of amides is 1. The maximum absolute atomic E-state index is 13.1. The van der Waals surface area contributed by atoms with Gasteiger partial charge in [0.1, 0.15) is 11.6 Å². The summed E-state index contributed by atoms with van der Waals surface area (Å²) in [7, 11) is 0. The third-order valence-electron chi connectivity index (χ3n) is 4.59. The SMILES string of the molecule is CC(C)c1cc(C(=O)N2Cc3cnn(Cc4ccc(F)cc4)c3C2)no1. The fourth-order valence-electron chi connectivity index (χ4n) is 3.07. The van der Waals surface area contributed by atoms with Crippen LogP contribution in [0.5, 0.6) is 0 Å². The molecule has 0 spiro atoms. The topological polar surface area (TPSA) is 64.2 Å². The number of carbonyl (C=O) groups is 1. The molecule has 0 saturated carbocycles. The minimum atomic E-state index is -0.260. The molecule has 3 heterocycles. The molecule has 26 heavy (non-hydrogen) atoms. The van der Waals surface area contributed by atoms with Crippen LogP contribution in [0.15, 0.2) is 41.1 Å². The van der Waals surface area contributed by atoms with Gasteiger partial charge in [-0.3, -0.25) is 9.48 Å². The average Bonchev–Trinajstić information content (AvgIpc) is 3.33. The molecule has 0 saturated heterocycles. The van der Waals surface area contributed by atoms with E-state index in [-0.39, 0.29) is 17.6 Å². The molecular formula is C19H19FN4O2. The minimum absolute atomic E-state index is 0.148. The Bertz CT molecular complexity index is 943. The van der Waals surface area contributed by atoms with Crippen LogP contribution in [0.4, 0.5) is 4.39 Å². The van der Waals surface area contributed by atoms with Crippen molar-refractivity contribution in [3.8, 4) is 0 Å². The first kappa shape index (κ1) is 16.5. The first-order valence-corrected chi connectivity index (χ1v) is 8.55. The van der Waals surface area contributed by atoms with Crippen molar-refractivity contribution in [2.75, 3.05) is 0 Å². The number of hydrogen-bond acceptors (Lipinski definition) is 4. The third kappa shape index (κ3) is 3.00. The lowest BCUT2D eigenvalue weighted by Crippen LogP contribution is -2.26. The van der Waals surface area contributed by atoms with Crippen LogP contribution in [-0.4, -0.2) is 25.7 Å². The highest BCUT2D eigenvalue weighted by atomic mass is 19.1. The second-order valence-electron chi connectivity index (χ2n) is 6.83. The number of halogens is 1. The number of nitrogens with zero attached hydrogens (tertiary/aromatic N) is 4. The average molecular weight is 354 g/mol. The van der Waals surface area contributed by atoms with E-state index < -0.39 is 0 Å². The lowest BCUT2D eigenvalue weighted by Gasteiger charge is -2.14. The standard InChI is InChI=1S/C19H19FN4O2/c1-12(2)18-7-16(22-26-18)19(25)23-10-14-8-21-24(17(14)11-23)9-13-3-5-15(20)6-4-13/h3-8,12H,9-11H2,1-2H3. The molecule has 0 atom stereocenters. The Hall–Kier alpha value is -2.96. The first-order valence-electron chi connectivity index (χ1n) is 8.55. The molecule has 0 fully saturated rings. The van der Waals surface area contributed by atoms with E-state index in [1.54, 1.807) is 29.3 Å². The van der Waals surface area contributed by atoms with Crippen LogP contribution < -0.4 is 0 Å². The van der Waals surface area contributed by atoms with E-state index in [0.717, 1.165) is 16.8 Å². The molecule has 0 N–H and O–H groups in total. The van der Waals surface area contributed by atoms with Crippen LogP contribution in [0.1, 0.15) is 52.8 Å². The van der Waals surface area contributed by atoms with Gasteiger partial charge in [-0.25, -0.2) is 4.39 Å². The van der Waals surface area contributed by atoms with Gasteiger partial charge in [-0.15, -0.1) is 0 Å². The number of hydrogen-bond donors (Lipinski definition) is 0. The summed E-state index contributed by atoms with van der Waals surface area (Å²) in [6, 6.07) is 8.06. The second-order valence-corrected chi connectivity index (χ2v) is 6.83. The Balaban J connectivity index is 1.49. The molecule has 1 amide bonds. The molecule has 0 unspecified atom stereocenters. The molecule has 7 heteroatoms. The summed E-state index contributed by atoms with van der Waals surface area (Å²) < 4.78 is 20.1. The smallest absolute Gasteiger partial charge is 0.276 e. The summed E-state index contributed by atoms with van der Waals surface area (Å²) in [5.74, 6) is 0.478. The van der Waals surface area contributed by atoms with Crippen molar-refractivity contribution in [1.82, 2.24) is 19.8 Å². The highest BCUT2D eigenvalue weighted by Crippen LogP contribution is 2.25. The molecule has 134 valence electrons. The maximum atomic E-state index is 13.1. The van der Waals surface area contributed by atoms with Gasteiger partial charge >= 0.3 is 0 Å². The Morgan fingerprint density at radius 1 is 1.27 bits per heavy atom. The normalized spacial score (nSPS) is 13.5. The molecule has 0 bridgehead atoms. The molecule has 1 aromatic carbocycles. The van der Waals surface area contributed by atoms with Crippen molar-refractivity contribution in [2.24, 2.45) is 0 Å². The van der Waals surface area contributed by atoms with Gasteiger partial charge in [0.25, 0.3) is 5.91 Å². The first-order chi connectivity index (χ1) is 12.5. The fraction of sp³-hybridized carbons (Fsp3) is 0.316. The van der Waals surface area contributed by atoms with Crippen molar-refractivity contribution < 1.29 is 13.7 Å². The Morgan fingerprint density at radius 2 is 2.04 bits per heavy atom. The van der Waals surface area contributed by atoms with E-state index in [9.17, 15) is 9.18 Å². The zero-order valence-electron chi connectivity index (χ0n) is 14.6. The van der Waals surface area contributed by atoms with Crippen LogP contribution in [0.3, 0.4) is 0 Å². The zero-order valence-corrected chi connectivity index (χ0v) is 14.6. The van der Waals surface area contributed by atoms with Crippen LogP contribution in [-0.2, 0) is 19.6 Å². The lowest BCUT2D eigenvalue weighted by molar-refractivity contribution is 0.0737. The lowest BCUT2D eigenvalue weighted by atomic mass is 10.1. The highest BCUT2D eigenvalue weighted by Gasteiger charge is 2.29. The van der Waals surface area contributed by atoms with Crippen molar-refractivity contribution in [2.45, 2.75) is 39.4 Å². The summed E-state index contributed by atoms with van der Waals surface area (Å²) in [6.45, 7) is 5.49. The number of aromatic nitrogens is 3. The Morgan fingerprint density at radius 3 is 2.73 bits per heavy atom. The van der Waals surface area contributed by atoms with Crippen molar-refractivity contribution in [1.29, 1.82) is 0 Å². The molecular weight excluding hydrogens is 335 g/mol. The van der Waals surface area contributed by atoms with Gasteiger partial charge in [0.15, 0.2) is 5.69 Å². The van der Waals surface area contributed by atoms with Crippen molar-refractivity contribution in [3.63, 3.8) is 0 Å². The number of rotatable bonds is 4. The van der Waals surface area contributed by atoms with Crippen LogP contribution in [0, 0.1) is 5.82 Å². The van der Waals surface area contributed by atoms with Crippen LogP contribution >= 0.6 is 0 Å². The molecule has 2 aromatic heterocycles. The molecule has 0 radical (unpaired) electrons. The monoisotopic (exact) mass is 354 g/mol. The van der Waals surface area contributed by atoms with Gasteiger partial charge in [0, 0.05) is 24.1 Å².